The third-order valence-electron chi connectivity index (χ3n) is 2.86. The number of hydrogen-bond donors (Lipinski definition) is 1. The molecule has 0 radical (unpaired) electrons. The Morgan fingerprint density at radius 1 is 1.38 bits per heavy atom. The first kappa shape index (κ1) is 15.9. The van der Waals surface area contributed by atoms with Crippen LogP contribution in [0.5, 0.6) is 0 Å². The van der Waals surface area contributed by atoms with Crippen LogP contribution in [0.4, 0.5) is 15.9 Å². The van der Waals surface area contributed by atoms with Crippen LogP contribution in [0, 0.1) is 5.82 Å². The summed E-state index contributed by atoms with van der Waals surface area (Å²) in [7, 11) is -1.00. The van der Waals surface area contributed by atoms with E-state index in [1.807, 2.05) is 6.92 Å². The minimum absolute atomic E-state index is 0.118. The van der Waals surface area contributed by atoms with Gasteiger partial charge in [-0.3, -0.25) is 4.21 Å². The normalized spacial score (nSPS) is 12.2. The summed E-state index contributed by atoms with van der Waals surface area (Å²) in [6.45, 7) is 1.83. The lowest BCUT2D eigenvalue weighted by Gasteiger charge is -2.10. The van der Waals surface area contributed by atoms with Crippen LogP contribution >= 0.6 is 11.6 Å². The molecule has 0 amide bonds. The van der Waals surface area contributed by atoms with Gasteiger partial charge in [0.25, 0.3) is 0 Å². The molecule has 0 aliphatic heterocycles. The second-order valence-corrected chi connectivity index (χ2v) is 6.33. The van der Waals surface area contributed by atoms with Gasteiger partial charge in [-0.25, -0.2) is 14.4 Å². The molecule has 0 bridgehead atoms. The fourth-order valence-electron chi connectivity index (χ4n) is 1.86. The van der Waals surface area contributed by atoms with E-state index in [4.69, 9.17) is 11.6 Å². The molecule has 2 rings (SSSR count). The highest BCUT2D eigenvalue weighted by molar-refractivity contribution is 7.83. The van der Waals surface area contributed by atoms with Gasteiger partial charge in [-0.15, -0.1) is 0 Å². The molecule has 1 aromatic carbocycles. The van der Waals surface area contributed by atoms with Crippen molar-refractivity contribution in [2.45, 2.75) is 19.1 Å². The molecule has 1 atom stereocenters. The topological polar surface area (TPSA) is 54.9 Å². The van der Waals surface area contributed by atoms with E-state index in [-0.39, 0.29) is 5.82 Å². The summed E-state index contributed by atoms with van der Waals surface area (Å²) in [6, 6.07) is 5.15. The highest BCUT2D eigenvalue weighted by Gasteiger charge is 2.11. The summed E-state index contributed by atoms with van der Waals surface area (Å²) in [4.78, 5) is 7.79. The van der Waals surface area contributed by atoms with Crippen molar-refractivity contribution in [1.29, 1.82) is 0 Å². The summed E-state index contributed by atoms with van der Waals surface area (Å²) >= 11 is 6.06. The molecule has 1 unspecified atom stereocenters. The predicted molar refractivity (Wildman–Crippen MR) is 83.9 cm³/mol. The van der Waals surface area contributed by atoms with E-state index < -0.39 is 16.6 Å². The molecule has 2 aromatic rings. The first-order valence-electron chi connectivity index (χ1n) is 6.36. The van der Waals surface area contributed by atoms with E-state index in [0.29, 0.717) is 28.6 Å². The minimum Gasteiger partial charge on any atom is -0.338 e. The molecular formula is C14H15ClFN3OS. The van der Waals surface area contributed by atoms with E-state index in [0.717, 1.165) is 5.56 Å². The van der Waals surface area contributed by atoms with Gasteiger partial charge in [0.2, 0.25) is 0 Å². The summed E-state index contributed by atoms with van der Waals surface area (Å²) in [6.07, 6.45) is 3.42. The van der Waals surface area contributed by atoms with Crippen molar-refractivity contribution in [3.05, 3.63) is 46.6 Å². The van der Waals surface area contributed by atoms with Crippen molar-refractivity contribution < 1.29 is 8.60 Å². The van der Waals surface area contributed by atoms with Gasteiger partial charge in [0.05, 0.1) is 5.69 Å². The second-order valence-electron chi connectivity index (χ2n) is 4.49. The van der Waals surface area contributed by atoms with Gasteiger partial charge in [-0.1, -0.05) is 18.5 Å². The van der Waals surface area contributed by atoms with Crippen molar-refractivity contribution in [2.24, 2.45) is 0 Å². The van der Waals surface area contributed by atoms with Crippen LogP contribution in [-0.2, 0) is 23.0 Å². The molecule has 0 fully saturated rings. The lowest BCUT2D eigenvalue weighted by Crippen LogP contribution is -2.03. The van der Waals surface area contributed by atoms with Crippen LogP contribution in [0.2, 0.25) is 5.02 Å². The third kappa shape index (κ3) is 3.98. The summed E-state index contributed by atoms with van der Waals surface area (Å²) in [5.74, 6) is 0.00388. The Kier molecular flexibility index (Phi) is 5.25. The Bertz CT molecular complexity index is 681. The zero-order valence-corrected chi connectivity index (χ0v) is 13.3. The minimum atomic E-state index is -1.00. The molecule has 1 N–H and O–H groups in total. The van der Waals surface area contributed by atoms with Gasteiger partial charge in [0, 0.05) is 33.5 Å². The molecular weight excluding hydrogens is 313 g/mol. The zero-order valence-electron chi connectivity index (χ0n) is 11.7. The monoisotopic (exact) mass is 327 g/mol. The van der Waals surface area contributed by atoms with Crippen molar-refractivity contribution in [3.63, 3.8) is 0 Å². The second kappa shape index (κ2) is 6.95. The van der Waals surface area contributed by atoms with Crippen LogP contribution in [0.15, 0.2) is 24.5 Å². The molecule has 0 aliphatic rings. The number of benzene rings is 1. The molecule has 21 heavy (non-hydrogen) atoms. The largest absolute Gasteiger partial charge is 0.338 e. The van der Waals surface area contributed by atoms with E-state index in [1.54, 1.807) is 24.5 Å². The van der Waals surface area contributed by atoms with Gasteiger partial charge < -0.3 is 5.32 Å². The number of nitrogens with one attached hydrogen (secondary N) is 1. The summed E-state index contributed by atoms with van der Waals surface area (Å²) < 4.78 is 25.4. The number of rotatable bonds is 5. The van der Waals surface area contributed by atoms with Crippen LogP contribution in [0.25, 0.3) is 0 Å². The maximum atomic E-state index is 14.1. The highest BCUT2D eigenvalue weighted by atomic mass is 35.5. The maximum Gasteiger partial charge on any atom is 0.187 e. The number of anilines is 2. The third-order valence-corrected chi connectivity index (χ3v) is 3.95. The molecule has 0 saturated carbocycles. The molecule has 1 aromatic heterocycles. The quantitative estimate of drug-likeness (QED) is 0.913. The van der Waals surface area contributed by atoms with E-state index in [2.05, 4.69) is 15.3 Å². The Morgan fingerprint density at radius 2 is 2.14 bits per heavy atom. The van der Waals surface area contributed by atoms with Crippen LogP contribution < -0.4 is 5.32 Å². The van der Waals surface area contributed by atoms with Gasteiger partial charge in [0.1, 0.15) is 6.33 Å². The lowest BCUT2D eigenvalue weighted by molar-refractivity contribution is 0.599. The van der Waals surface area contributed by atoms with E-state index in [1.165, 1.54) is 6.33 Å². The zero-order chi connectivity index (χ0) is 15.4. The van der Waals surface area contributed by atoms with Gasteiger partial charge in [-0.2, -0.15) is 0 Å². The Hall–Kier alpha value is -1.53. The van der Waals surface area contributed by atoms with Crippen molar-refractivity contribution in [1.82, 2.24) is 9.97 Å². The molecule has 0 saturated heterocycles. The van der Waals surface area contributed by atoms with E-state index >= 15 is 0 Å². The fourth-order valence-corrected chi connectivity index (χ4v) is 2.80. The van der Waals surface area contributed by atoms with Crippen molar-refractivity contribution in [3.8, 4) is 0 Å². The Balaban J connectivity index is 2.30. The number of aromatic nitrogens is 2. The summed E-state index contributed by atoms with van der Waals surface area (Å²) in [5.41, 5.74) is 1.74. The lowest BCUT2D eigenvalue weighted by atomic mass is 10.2. The average molecular weight is 328 g/mol. The number of aryl methyl sites for hydroxylation is 1. The fraction of sp³-hybridized carbons (Fsp3) is 0.286. The molecule has 0 spiro atoms. The van der Waals surface area contributed by atoms with Crippen molar-refractivity contribution in [2.75, 3.05) is 11.6 Å². The van der Waals surface area contributed by atoms with Gasteiger partial charge in [0.15, 0.2) is 11.6 Å². The predicted octanol–water partition coefficient (Wildman–Crippen LogP) is 3.45. The molecule has 0 aliphatic carbocycles. The SMILES string of the molecule is CCc1ncnc(Nc2ccc(Cl)c(CS(C)=O)c2)c1F. The average Bonchev–Trinajstić information content (AvgIpc) is 2.44. The summed E-state index contributed by atoms with van der Waals surface area (Å²) in [5, 5.41) is 3.44. The van der Waals surface area contributed by atoms with Crippen LogP contribution in [0.1, 0.15) is 18.2 Å². The van der Waals surface area contributed by atoms with Crippen LogP contribution in [0.3, 0.4) is 0 Å². The maximum absolute atomic E-state index is 14.1. The highest BCUT2D eigenvalue weighted by Crippen LogP contribution is 2.25. The standard InChI is InChI=1S/C14H15ClFN3OS/c1-3-12-13(16)14(18-8-17-12)19-10-4-5-11(15)9(6-10)7-21(2)20/h4-6,8H,3,7H2,1-2H3,(H,17,18,19). The van der Waals surface area contributed by atoms with Crippen molar-refractivity contribution >= 4 is 33.9 Å². The Labute approximate surface area is 130 Å². The van der Waals surface area contributed by atoms with Gasteiger partial charge in [-0.05, 0) is 30.2 Å². The molecule has 112 valence electrons. The smallest absolute Gasteiger partial charge is 0.187 e. The molecule has 1 heterocycles. The first-order chi connectivity index (χ1) is 10.0. The molecule has 4 nitrogen and oxygen atoms in total. The number of nitrogens with zero attached hydrogens (tertiary/aromatic N) is 2. The molecule has 7 heteroatoms. The van der Waals surface area contributed by atoms with Crippen LogP contribution in [-0.4, -0.2) is 20.4 Å². The van der Waals surface area contributed by atoms with E-state index in [9.17, 15) is 8.60 Å². The van der Waals surface area contributed by atoms with Gasteiger partial charge >= 0.3 is 0 Å². The number of halogens is 2. The number of hydrogen-bond acceptors (Lipinski definition) is 4. The Morgan fingerprint density at radius 3 is 2.81 bits per heavy atom. The first-order valence-corrected chi connectivity index (χ1v) is 8.46.